The van der Waals surface area contributed by atoms with Crippen molar-refractivity contribution in [3.05, 3.63) is 34.9 Å². The van der Waals surface area contributed by atoms with Crippen molar-refractivity contribution < 1.29 is 4.79 Å². The number of hydrogen-bond acceptors (Lipinski definition) is 2. The maximum Gasteiger partial charge on any atom is 0.142 e. The van der Waals surface area contributed by atoms with E-state index in [0.717, 1.165) is 13.1 Å². The van der Waals surface area contributed by atoms with Crippen LogP contribution in [0.3, 0.4) is 0 Å². The molecule has 0 radical (unpaired) electrons. The number of nitrogens with one attached hydrogen (secondary N) is 1. The lowest BCUT2D eigenvalue weighted by atomic mass is 9.86. The summed E-state index contributed by atoms with van der Waals surface area (Å²) in [7, 11) is 0. The Morgan fingerprint density at radius 3 is 2.87 bits per heavy atom. The molecule has 0 bridgehead atoms. The number of carbonyl (C=O) groups excluding carboxylic acids is 1. The molecule has 15 heavy (non-hydrogen) atoms. The van der Waals surface area contributed by atoms with E-state index in [9.17, 15) is 4.79 Å². The molecule has 1 aromatic carbocycles. The second-order valence-electron chi connectivity index (χ2n) is 4.26. The molecule has 0 aliphatic carbocycles. The summed E-state index contributed by atoms with van der Waals surface area (Å²) in [5.41, 5.74) is 3.73. The molecule has 0 spiro atoms. The molecule has 2 heteroatoms. The lowest BCUT2D eigenvalue weighted by Gasteiger charge is -2.24. The van der Waals surface area contributed by atoms with Crippen LogP contribution < -0.4 is 5.32 Å². The zero-order valence-corrected chi connectivity index (χ0v) is 9.34. The van der Waals surface area contributed by atoms with E-state index in [4.69, 9.17) is 0 Å². The summed E-state index contributed by atoms with van der Waals surface area (Å²) in [5.74, 6) is 0.445. The van der Waals surface area contributed by atoms with E-state index in [1.807, 2.05) is 6.07 Å². The van der Waals surface area contributed by atoms with Gasteiger partial charge in [-0.15, -0.1) is 0 Å². The minimum atomic E-state index is 0.0682. The van der Waals surface area contributed by atoms with E-state index in [1.165, 1.54) is 16.7 Å². The van der Waals surface area contributed by atoms with Crippen LogP contribution >= 0.6 is 0 Å². The molecule has 1 atom stereocenters. The van der Waals surface area contributed by atoms with E-state index in [2.05, 4.69) is 31.3 Å². The molecule has 0 amide bonds. The summed E-state index contributed by atoms with van der Waals surface area (Å²) in [6, 6.07) is 6.22. The highest BCUT2D eigenvalue weighted by atomic mass is 16.1. The first-order valence-electron chi connectivity index (χ1n) is 5.49. The second-order valence-corrected chi connectivity index (χ2v) is 4.26. The lowest BCUT2D eigenvalue weighted by Crippen LogP contribution is -2.35. The van der Waals surface area contributed by atoms with Crippen molar-refractivity contribution in [2.45, 2.75) is 26.2 Å². The van der Waals surface area contributed by atoms with Gasteiger partial charge in [0.15, 0.2) is 0 Å². The number of piperidine rings is 1. The standard InChI is InChI=1S/C13H17NO/c1-9-4-3-5-11(10(9)2)12-8-14-7-6-13(12)15/h3-5,12,14H,6-8H2,1-2H3. The van der Waals surface area contributed by atoms with E-state index in [1.54, 1.807) is 0 Å². The van der Waals surface area contributed by atoms with Gasteiger partial charge in [0.2, 0.25) is 0 Å². The van der Waals surface area contributed by atoms with E-state index in [-0.39, 0.29) is 5.92 Å². The topological polar surface area (TPSA) is 29.1 Å². The summed E-state index contributed by atoms with van der Waals surface area (Å²) in [6.45, 7) is 5.83. The highest BCUT2D eigenvalue weighted by Crippen LogP contribution is 2.25. The molecular formula is C13H17NO. The quantitative estimate of drug-likeness (QED) is 0.756. The molecule has 2 nitrogen and oxygen atoms in total. The van der Waals surface area contributed by atoms with Crippen molar-refractivity contribution in [1.29, 1.82) is 0 Å². The van der Waals surface area contributed by atoms with Gasteiger partial charge in [0, 0.05) is 19.5 Å². The van der Waals surface area contributed by atoms with Crippen molar-refractivity contribution in [1.82, 2.24) is 5.32 Å². The number of hydrogen-bond donors (Lipinski definition) is 1. The fourth-order valence-corrected chi connectivity index (χ4v) is 2.18. The van der Waals surface area contributed by atoms with Crippen LogP contribution in [-0.2, 0) is 4.79 Å². The predicted molar refractivity (Wildman–Crippen MR) is 61.2 cm³/mol. The minimum Gasteiger partial charge on any atom is -0.315 e. The maximum absolute atomic E-state index is 11.8. The highest BCUT2D eigenvalue weighted by Gasteiger charge is 2.24. The average Bonchev–Trinajstić information content (AvgIpc) is 2.23. The Bertz CT molecular complexity index is 384. The molecule has 1 heterocycles. The molecular weight excluding hydrogens is 186 g/mol. The van der Waals surface area contributed by atoms with Crippen molar-refractivity contribution in [3.63, 3.8) is 0 Å². The number of rotatable bonds is 1. The van der Waals surface area contributed by atoms with Crippen LogP contribution in [-0.4, -0.2) is 18.9 Å². The number of ketones is 1. The van der Waals surface area contributed by atoms with Gasteiger partial charge in [-0.05, 0) is 30.5 Å². The fraction of sp³-hybridized carbons (Fsp3) is 0.462. The summed E-state index contributed by atoms with van der Waals surface area (Å²) in [6.07, 6.45) is 0.665. The van der Waals surface area contributed by atoms with Crippen molar-refractivity contribution in [2.75, 3.05) is 13.1 Å². The van der Waals surface area contributed by atoms with Gasteiger partial charge in [-0.2, -0.15) is 0 Å². The van der Waals surface area contributed by atoms with Crippen LogP contribution in [0.1, 0.15) is 29.0 Å². The average molecular weight is 203 g/mol. The Kier molecular flexibility index (Phi) is 2.87. The van der Waals surface area contributed by atoms with Gasteiger partial charge in [-0.3, -0.25) is 4.79 Å². The van der Waals surface area contributed by atoms with E-state index >= 15 is 0 Å². The minimum absolute atomic E-state index is 0.0682. The monoisotopic (exact) mass is 203 g/mol. The van der Waals surface area contributed by atoms with Gasteiger partial charge in [-0.1, -0.05) is 18.2 Å². The van der Waals surface area contributed by atoms with Gasteiger partial charge in [0.25, 0.3) is 0 Å². The van der Waals surface area contributed by atoms with Crippen LogP contribution in [0.5, 0.6) is 0 Å². The Morgan fingerprint density at radius 2 is 2.13 bits per heavy atom. The molecule has 0 saturated carbocycles. The third-order valence-corrected chi connectivity index (χ3v) is 3.31. The smallest absolute Gasteiger partial charge is 0.142 e. The Labute approximate surface area is 90.7 Å². The summed E-state index contributed by atoms with van der Waals surface area (Å²) in [4.78, 5) is 11.8. The van der Waals surface area contributed by atoms with Crippen LogP contribution in [0.25, 0.3) is 0 Å². The number of Topliss-reactive ketones (excluding diaryl/α,β-unsaturated/α-hetero) is 1. The second kappa shape index (κ2) is 4.15. The number of benzene rings is 1. The molecule has 2 rings (SSSR count). The van der Waals surface area contributed by atoms with Crippen LogP contribution in [0.15, 0.2) is 18.2 Å². The fourth-order valence-electron chi connectivity index (χ4n) is 2.18. The first-order chi connectivity index (χ1) is 7.20. The molecule has 1 N–H and O–H groups in total. The van der Waals surface area contributed by atoms with Gasteiger partial charge in [0.05, 0.1) is 5.92 Å². The third-order valence-electron chi connectivity index (χ3n) is 3.31. The first kappa shape index (κ1) is 10.4. The summed E-state index contributed by atoms with van der Waals surface area (Å²) in [5, 5.41) is 3.29. The van der Waals surface area contributed by atoms with E-state index < -0.39 is 0 Å². The molecule has 1 saturated heterocycles. The van der Waals surface area contributed by atoms with Gasteiger partial charge in [0.1, 0.15) is 5.78 Å². The zero-order chi connectivity index (χ0) is 10.8. The normalized spacial score (nSPS) is 21.7. The number of carbonyl (C=O) groups is 1. The van der Waals surface area contributed by atoms with Crippen LogP contribution in [0.2, 0.25) is 0 Å². The SMILES string of the molecule is Cc1cccc(C2CNCCC2=O)c1C. The Hall–Kier alpha value is -1.15. The van der Waals surface area contributed by atoms with Crippen molar-refractivity contribution >= 4 is 5.78 Å². The highest BCUT2D eigenvalue weighted by molar-refractivity contribution is 5.87. The third kappa shape index (κ3) is 1.95. The molecule has 1 aliphatic rings. The van der Waals surface area contributed by atoms with E-state index in [0.29, 0.717) is 12.2 Å². The van der Waals surface area contributed by atoms with Crippen molar-refractivity contribution in [2.24, 2.45) is 0 Å². The van der Waals surface area contributed by atoms with Crippen molar-refractivity contribution in [3.8, 4) is 0 Å². The van der Waals surface area contributed by atoms with Gasteiger partial charge >= 0.3 is 0 Å². The molecule has 80 valence electrons. The lowest BCUT2D eigenvalue weighted by molar-refractivity contribution is -0.121. The summed E-state index contributed by atoms with van der Waals surface area (Å²) < 4.78 is 0. The van der Waals surface area contributed by atoms with Gasteiger partial charge in [-0.25, -0.2) is 0 Å². The predicted octanol–water partition coefficient (Wildman–Crippen LogP) is 1.95. The molecule has 1 unspecified atom stereocenters. The van der Waals surface area contributed by atoms with Crippen LogP contribution in [0.4, 0.5) is 0 Å². The van der Waals surface area contributed by atoms with Gasteiger partial charge < -0.3 is 5.32 Å². The zero-order valence-electron chi connectivity index (χ0n) is 9.34. The largest absolute Gasteiger partial charge is 0.315 e. The summed E-state index contributed by atoms with van der Waals surface area (Å²) >= 11 is 0. The molecule has 1 aromatic rings. The number of aryl methyl sites for hydroxylation is 1. The maximum atomic E-state index is 11.8. The molecule has 0 aromatic heterocycles. The molecule has 1 aliphatic heterocycles. The Morgan fingerprint density at radius 1 is 1.33 bits per heavy atom. The van der Waals surface area contributed by atoms with Crippen LogP contribution in [0, 0.1) is 13.8 Å². The Balaban J connectivity index is 2.35. The molecule has 1 fully saturated rings. The first-order valence-corrected chi connectivity index (χ1v) is 5.49.